The molecule has 0 aliphatic carbocycles. The van der Waals surface area contributed by atoms with Crippen LogP contribution in [0.2, 0.25) is 0 Å². The topological polar surface area (TPSA) is 29.5 Å². The van der Waals surface area contributed by atoms with Crippen molar-refractivity contribution in [2.24, 2.45) is 5.41 Å². The molecule has 1 atom stereocenters. The van der Waals surface area contributed by atoms with Gasteiger partial charge in [-0.15, -0.1) is 11.6 Å². The lowest BCUT2D eigenvalue weighted by Crippen LogP contribution is -2.35. The first-order valence-corrected chi connectivity index (χ1v) is 8.73. The predicted octanol–water partition coefficient (Wildman–Crippen LogP) is 3.85. The molecule has 1 fully saturated rings. The smallest absolute Gasteiger partial charge is 0.312 e. The van der Waals surface area contributed by atoms with Gasteiger partial charge < -0.3 is 4.74 Å². The molecule has 3 nitrogen and oxygen atoms in total. The van der Waals surface area contributed by atoms with Gasteiger partial charge in [0.15, 0.2) is 0 Å². The Labute approximate surface area is 138 Å². The molecular formula is C18H26ClNO2. The summed E-state index contributed by atoms with van der Waals surface area (Å²) in [5, 5.41) is 0. The second kappa shape index (κ2) is 8.54. The zero-order valence-corrected chi connectivity index (χ0v) is 14.1. The fraction of sp³-hybridized carbons (Fsp3) is 0.611. The lowest BCUT2D eigenvalue weighted by Gasteiger charge is -2.29. The third-order valence-corrected chi connectivity index (χ3v) is 4.76. The van der Waals surface area contributed by atoms with Crippen LogP contribution in [0.3, 0.4) is 0 Å². The van der Waals surface area contributed by atoms with E-state index in [1.807, 2.05) is 13.0 Å². The summed E-state index contributed by atoms with van der Waals surface area (Å²) in [6, 6.07) is 10.5. The zero-order valence-electron chi connectivity index (χ0n) is 13.4. The minimum Gasteiger partial charge on any atom is -0.466 e. The molecule has 1 aliphatic heterocycles. The molecule has 0 aromatic heterocycles. The van der Waals surface area contributed by atoms with Crippen LogP contribution in [0.5, 0.6) is 0 Å². The fourth-order valence-corrected chi connectivity index (χ4v) is 3.63. The number of carbonyl (C=O) groups excluding carboxylic acids is 1. The van der Waals surface area contributed by atoms with Crippen LogP contribution in [0.25, 0.3) is 0 Å². The minimum absolute atomic E-state index is 0.0581. The first-order valence-electron chi connectivity index (χ1n) is 8.19. The molecule has 0 bridgehead atoms. The minimum atomic E-state index is -0.386. The number of alkyl halides is 1. The average Bonchev–Trinajstić information content (AvgIpc) is 2.73. The summed E-state index contributed by atoms with van der Waals surface area (Å²) >= 11 is 5.97. The Bertz CT molecular complexity index is 465. The average molecular weight is 324 g/mol. The van der Waals surface area contributed by atoms with Crippen molar-refractivity contribution in [2.45, 2.75) is 39.2 Å². The second-order valence-corrected chi connectivity index (χ2v) is 6.43. The molecule has 0 saturated carbocycles. The quantitative estimate of drug-likeness (QED) is 0.588. The number of nitrogens with zero attached hydrogens (tertiary/aromatic N) is 1. The van der Waals surface area contributed by atoms with E-state index in [1.165, 1.54) is 5.56 Å². The van der Waals surface area contributed by atoms with E-state index in [-0.39, 0.29) is 11.4 Å². The summed E-state index contributed by atoms with van der Waals surface area (Å²) in [5.41, 5.74) is 0.937. The van der Waals surface area contributed by atoms with E-state index >= 15 is 0 Å². The second-order valence-electron chi connectivity index (χ2n) is 6.06. The molecule has 0 amide bonds. The van der Waals surface area contributed by atoms with E-state index in [0.29, 0.717) is 18.9 Å². The lowest BCUT2D eigenvalue weighted by atomic mass is 9.78. The number of carbonyl (C=O) groups is 1. The molecular weight excluding hydrogens is 298 g/mol. The summed E-state index contributed by atoms with van der Waals surface area (Å²) in [5.74, 6) is 0.453. The number of benzene rings is 1. The highest BCUT2D eigenvalue weighted by Gasteiger charge is 2.40. The maximum Gasteiger partial charge on any atom is 0.312 e. The van der Waals surface area contributed by atoms with Gasteiger partial charge >= 0.3 is 5.97 Å². The number of esters is 1. The van der Waals surface area contributed by atoms with E-state index in [1.54, 1.807) is 0 Å². The number of hydrogen-bond acceptors (Lipinski definition) is 3. The number of ether oxygens (including phenoxy) is 1. The van der Waals surface area contributed by atoms with Gasteiger partial charge in [-0.1, -0.05) is 30.3 Å². The van der Waals surface area contributed by atoms with Crippen molar-refractivity contribution in [3.05, 3.63) is 35.9 Å². The van der Waals surface area contributed by atoms with Crippen molar-refractivity contribution in [3.8, 4) is 0 Å². The van der Waals surface area contributed by atoms with Crippen molar-refractivity contribution in [1.82, 2.24) is 4.90 Å². The third kappa shape index (κ3) is 4.47. The Morgan fingerprint density at radius 2 is 2.05 bits per heavy atom. The summed E-state index contributed by atoms with van der Waals surface area (Å²) in [6.07, 6.45) is 3.45. The number of likely N-dealkylation sites (tertiary alicyclic amines) is 1. The zero-order chi connectivity index (χ0) is 15.8. The van der Waals surface area contributed by atoms with Crippen LogP contribution in [0, 0.1) is 5.41 Å². The molecule has 4 heteroatoms. The van der Waals surface area contributed by atoms with Crippen LogP contribution < -0.4 is 0 Å². The molecule has 1 aliphatic rings. The van der Waals surface area contributed by atoms with Gasteiger partial charge in [0.05, 0.1) is 12.0 Å². The molecule has 0 spiro atoms. The van der Waals surface area contributed by atoms with Gasteiger partial charge in [-0.3, -0.25) is 9.69 Å². The van der Waals surface area contributed by atoms with Crippen molar-refractivity contribution >= 4 is 17.6 Å². The Kier molecular flexibility index (Phi) is 6.71. The van der Waals surface area contributed by atoms with E-state index < -0.39 is 0 Å². The lowest BCUT2D eigenvalue weighted by molar-refractivity contribution is -0.156. The molecule has 1 aromatic rings. The van der Waals surface area contributed by atoms with E-state index in [4.69, 9.17) is 16.3 Å². The summed E-state index contributed by atoms with van der Waals surface area (Å²) in [7, 11) is 0. The molecule has 1 aromatic carbocycles. The monoisotopic (exact) mass is 323 g/mol. The van der Waals surface area contributed by atoms with E-state index in [9.17, 15) is 4.79 Å². The molecule has 22 heavy (non-hydrogen) atoms. The van der Waals surface area contributed by atoms with Gasteiger partial charge in [0.25, 0.3) is 0 Å². The van der Waals surface area contributed by atoms with Gasteiger partial charge in [-0.25, -0.2) is 0 Å². The van der Waals surface area contributed by atoms with E-state index in [2.05, 4.69) is 29.2 Å². The van der Waals surface area contributed by atoms with Crippen LogP contribution in [0.1, 0.15) is 38.2 Å². The first-order chi connectivity index (χ1) is 10.7. The predicted molar refractivity (Wildman–Crippen MR) is 90.0 cm³/mol. The van der Waals surface area contributed by atoms with Gasteiger partial charge in [0, 0.05) is 12.4 Å². The van der Waals surface area contributed by atoms with Crippen molar-refractivity contribution in [1.29, 1.82) is 0 Å². The van der Waals surface area contributed by atoms with Gasteiger partial charge in [0.2, 0.25) is 0 Å². The van der Waals surface area contributed by atoms with Crippen LogP contribution in [-0.4, -0.2) is 36.4 Å². The molecule has 2 rings (SSSR count). The highest BCUT2D eigenvalue weighted by atomic mass is 35.5. The normalized spacial score (nSPS) is 23.0. The molecule has 1 heterocycles. The highest BCUT2D eigenvalue weighted by Crippen LogP contribution is 2.37. The van der Waals surface area contributed by atoms with Gasteiger partial charge in [0.1, 0.15) is 0 Å². The number of rotatable bonds is 6. The van der Waals surface area contributed by atoms with Crippen molar-refractivity contribution in [2.75, 3.05) is 25.6 Å². The number of halogens is 1. The van der Waals surface area contributed by atoms with E-state index in [0.717, 1.165) is 38.9 Å². The third-order valence-electron chi connectivity index (χ3n) is 4.57. The molecule has 122 valence electrons. The molecule has 0 radical (unpaired) electrons. The summed E-state index contributed by atoms with van der Waals surface area (Å²) in [4.78, 5) is 14.9. The van der Waals surface area contributed by atoms with Crippen LogP contribution >= 0.6 is 11.6 Å². The Morgan fingerprint density at radius 3 is 2.73 bits per heavy atom. The number of hydrogen-bond donors (Lipinski definition) is 0. The first kappa shape index (κ1) is 17.3. The molecule has 1 unspecified atom stereocenters. The Hall–Kier alpha value is -1.06. The van der Waals surface area contributed by atoms with Crippen molar-refractivity contribution in [3.63, 3.8) is 0 Å². The van der Waals surface area contributed by atoms with Crippen molar-refractivity contribution < 1.29 is 9.53 Å². The maximum atomic E-state index is 12.4. The standard InChI is InChI=1S/C18H26ClNO2/c1-2-22-17(21)18(10-12-19)9-6-13-20(14-11-18)15-16-7-4-3-5-8-16/h3-5,7-8H,2,6,9-15H2,1H3. The fourth-order valence-electron chi connectivity index (χ4n) is 3.27. The Morgan fingerprint density at radius 1 is 1.27 bits per heavy atom. The van der Waals surface area contributed by atoms with Crippen LogP contribution in [0.15, 0.2) is 30.3 Å². The summed E-state index contributed by atoms with van der Waals surface area (Å²) in [6.45, 7) is 5.20. The molecule has 1 saturated heterocycles. The maximum absolute atomic E-state index is 12.4. The Balaban J connectivity index is 2.01. The highest BCUT2D eigenvalue weighted by molar-refractivity contribution is 6.18. The summed E-state index contributed by atoms with van der Waals surface area (Å²) < 4.78 is 5.33. The van der Waals surface area contributed by atoms with Crippen LogP contribution in [0.4, 0.5) is 0 Å². The SMILES string of the molecule is CCOC(=O)C1(CCCl)CCCN(Cc2ccccc2)CC1. The van der Waals surface area contributed by atoms with Gasteiger partial charge in [-0.05, 0) is 51.3 Å². The largest absolute Gasteiger partial charge is 0.466 e. The molecule has 0 N–H and O–H groups in total. The van der Waals surface area contributed by atoms with Gasteiger partial charge in [-0.2, -0.15) is 0 Å². The van der Waals surface area contributed by atoms with Crippen LogP contribution in [-0.2, 0) is 16.1 Å².